The molecule has 1 atom stereocenters. The summed E-state index contributed by atoms with van der Waals surface area (Å²) in [6.45, 7) is 0.150. The minimum Gasteiger partial charge on any atom is -0.350 e. The highest BCUT2D eigenvalue weighted by Gasteiger charge is 2.36. The first-order valence-corrected chi connectivity index (χ1v) is 11.9. The molecule has 3 aromatic rings. The van der Waals surface area contributed by atoms with Crippen molar-refractivity contribution in [3.63, 3.8) is 0 Å². The van der Waals surface area contributed by atoms with Crippen molar-refractivity contribution in [3.8, 4) is 0 Å². The Hall–Kier alpha value is -3.61. The summed E-state index contributed by atoms with van der Waals surface area (Å²) < 4.78 is 77.6. The topological polar surface area (TPSA) is 74.3 Å². The summed E-state index contributed by atoms with van der Waals surface area (Å²) in [6.07, 6.45) is -8.09. The Morgan fingerprint density at radius 2 is 1.68 bits per heavy atom. The first-order chi connectivity index (χ1) is 17.4. The van der Waals surface area contributed by atoms with Crippen molar-refractivity contribution in [2.45, 2.75) is 37.8 Å². The highest BCUT2D eigenvalue weighted by Crippen LogP contribution is 2.32. The fourth-order valence-corrected chi connectivity index (χ4v) is 4.62. The molecule has 196 valence electrons. The standard InChI is InChI=1S/C24H20F6N4O2S/c25-23(26,27)15-5-1-4-14(10-15)12-31-20(35)19-8-3-9-34(19)21(36)18-13-37-22(33-18)32-17-7-2-6-16(11-17)24(28,29)30/h1-2,4-7,10-11,13,19H,3,8-9,12H2,(H,31,35)(H,32,33)/t19-/m0/s1. The molecule has 13 heteroatoms. The van der Waals surface area contributed by atoms with Crippen LogP contribution in [0.25, 0.3) is 0 Å². The first-order valence-electron chi connectivity index (χ1n) is 11.1. The van der Waals surface area contributed by atoms with Gasteiger partial charge in [-0.15, -0.1) is 11.3 Å². The van der Waals surface area contributed by atoms with E-state index in [0.717, 1.165) is 35.6 Å². The number of hydrogen-bond donors (Lipinski definition) is 2. The lowest BCUT2D eigenvalue weighted by Crippen LogP contribution is -2.45. The van der Waals surface area contributed by atoms with Gasteiger partial charge in [0.25, 0.3) is 5.91 Å². The average Bonchev–Trinajstić information content (AvgIpc) is 3.52. The zero-order valence-electron chi connectivity index (χ0n) is 19.0. The molecule has 1 aliphatic rings. The molecule has 6 nitrogen and oxygen atoms in total. The number of amides is 2. The van der Waals surface area contributed by atoms with Gasteiger partial charge < -0.3 is 15.5 Å². The third-order valence-corrected chi connectivity index (χ3v) is 6.46. The van der Waals surface area contributed by atoms with Crippen molar-refractivity contribution in [1.82, 2.24) is 15.2 Å². The van der Waals surface area contributed by atoms with Gasteiger partial charge in [0.1, 0.15) is 11.7 Å². The zero-order valence-corrected chi connectivity index (χ0v) is 19.8. The molecular weight excluding hydrogens is 522 g/mol. The minimum atomic E-state index is -4.51. The number of rotatable bonds is 6. The van der Waals surface area contributed by atoms with Gasteiger partial charge in [0.15, 0.2) is 5.13 Å². The molecule has 0 saturated carbocycles. The summed E-state index contributed by atoms with van der Waals surface area (Å²) in [6, 6.07) is 8.32. The van der Waals surface area contributed by atoms with Crippen LogP contribution in [0, 0.1) is 0 Å². The second kappa shape index (κ2) is 10.4. The van der Waals surface area contributed by atoms with E-state index in [9.17, 15) is 35.9 Å². The molecule has 2 aromatic carbocycles. The van der Waals surface area contributed by atoms with Gasteiger partial charge in [0.05, 0.1) is 11.1 Å². The molecule has 1 saturated heterocycles. The predicted molar refractivity (Wildman–Crippen MR) is 124 cm³/mol. The number of carbonyl (C=O) groups excluding carboxylic acids is 2. The Bertz CT molecular complexity index is 1290. The van der Waals surface area contributed by atoms with Gasteiger partial charge in [-0.2, -0.15) is 26.3 Å². The maximum atomic E-state index is 13.0. The van der Waals surface area contributed by atoms with E-state index >= 15 is 0 Å². The van der Waals surface area contributed by atoms with E-state index in [1.165, 1.54) is 34.5 Å². The van der Waals surface area contributed by atoms with Gasteiger partial charge in [-0.1, -0.05) is 18.2 Å². The van der Waals surface area contributed by atoms with Gasteiger partial charge in [-0.3, -0.25) is 9.59 Å². The number of alkyl halides is 6. The van der Waals surface area contributed by atoms with Crippen LogP contribution in [0.5, 0.6) is 0 Å². The zero-order chi connectivity index (χ0) is 26.8. The molecule has 0 bridgehead atoms. The summed E-state index contributed by atoms with van der Waals surface area (Å²) in [7, 11) is 0. The molecule has 1 aliphatic heterocycles. The van der Waals surface area contributed by atoms with Crippen molar-refractivity contribution < 1.29 is 35.9 Å². The van der Waals surface area contributed by atoms with E-state index in [4.69, 9.17) is 0 Å². The van der Waals surface area contributed by atoms with Crippen LogP contribution in [0.1, 0.15) is 40.0 Å². The van der Waals surface area contributed by atoms with Gasteiger partial charge in [0, 0.05) is 24.2 Å². The van der Waals surface area contributed by atoms with Crippen LogP contribution < -0.4 is 10.6 Å². The smallest absolute Gasteiger partial charge is 0.350 e. The highest BCUT2D eigenvalue weighted by atomic mass is 32.1. The van der Waals surface area contributed by atoms with E-state index in [1.807, 2.05) is 0 Å². The van der Waals surface area contributed by atoms with Crippen LogP contribution >= 0.6 is 11.3 Å². The summed E-state index contributed by atoms with van der Waals surface area (Å²) in [4.78, 5) is 31.3. The Kier molecular flexibility index (Phi) is 7.44. The fourth-order valence-electron chi connectivity index (χ4n) is 3.92. The molecule has 2 N–H and O–H groups in total. The summed E-state index contributed by atoms with van der Waals surface area (Å²) in [5, 5.41) is 6.98. The summed E-state index contributed by atoms with van der Waals surface area (Å²) in [5.41, 5.74) is -1.21. The van der Waals surface area contributed by atoms with Crippen LogP contribution in [0.4, 0.5) is 37.2 Å². The minimum absolute atomic E-state index is 0.0251. The van der Waals surface area contributed by atoms with Crippen LogP contribution in [0.3, 0.4) is 0 Å². The SMILES string of the molecule is O=C(NCc1cccc(C(F)(F)F)c1)[C@@H]1CCCN1C(=O)c1csc(Nc2cccc(C(F)(F)F)c2)n1. The maximum absolute atomic E-state index is 13.0. The van der Waals surface area contributed by atoms with Gasteiger partial charge >= 0.3 is 12.4 Å². The number of likely N-dealkylation sites (tertiary alicyclic amines) is 1. The van der Waals surface area contributed by atoms with Gasteiger partial charge in [-0.05, 0) is 48.7 Å². The predicted octanol–water partition coefficient (Wildman–Crippen LogP) is 5.85. The van der Waals surface area contributed by atoms with Crippen molar-refractivity contribution >= 4 is 34.0 Å². The Morgan fingerprint density at radius 3 is 2.38 bits per heavy atom. The second-order valence-electron chi connectivity index (χ2n) is 8.31. The lowest BCUT2D eigenvalue weighted by atomic mass is 10.1. The lowest BCUT2D eigenvalue weighted by molar-refractivity contribution is -0.138. The number of benzene rings is 2. The molecule has 1 aromatic heterocycles. The van der Waals surface area contributed by atoms with Crippen molar-refractivity contribution in [2.24, 2.45) is 0 Å². The molecule has 0 unspecified atom stereocenters. The Labute approximate surface area is 211 Å². The molecule has 2 amide bonds. The molecule has 0 spiro atoms. The second-order valence-corrected chi connectivity index (χ2v) is 9.17. The number of anilines is 2. The van der Waals surface area contributed by atoms with E-state index in [-0.39, 0.29) is 35.2 Å². The van der Waals surface area contributed by atoms with E-state index in [2.05, 4.69) is 15.6 Å². The van der Waals surface area contributed by atoms with Crippen LogP contribution in [-0.4, -0.2) is 34.3 Å². The number of nitrogens with one attached hydrogen (secondary N) is 2. The number of aromatic nitrogens is 1. The van der Waals surface area contributed by atoms with Crippen LogP contribution in [0.2, 0.25) is 0 Å². The number of halogens is 6. The number of carbonyl (C=O) groups is 2. The van der Waals surface area contributed by atoms with Gasteiger partial charge in [-0.25, -0.2) is 4.98 Å². The first kappa shape index (κ1) is 26.5. The molecule has 4 rings (SSSR count). The third-order valence-electron chi connectivity index (χ3n) is 5.70. The van der Waals surface area contributed by atoms with E-state index in [0.29, 0.717) is 12.8 Å². The lowest BCUT2D eigenvalue weighted by Gasteiger charge is -2.23. The Morgan fingerprint density at radius 1 is 1.00 bits per heavy atom. The van der Waals surface area contributed by atoms with Crippen LogP contribution in [0.15, 0.2) is 53.9 Å². The molecule has 37 heavy (non-hydrogen) atoms. The fraction of sp³-hybridized carbons (Fsp3) is 0.292. The van der Waals surface area contributed by atoms with Crippen molar-refractivity contribution in [1.29, 1.82) is 0 Å². The molecule has 0 aliphatic carbocycles. The number of nitrogens with zero attached hydrogens (tertiary/aromatic N) is 2. The number of thiazole rings is 1. The highest BCUT2D eigenvalue weighted by molar-refractivity contribution is 7.14. The van der Waals surface area contributed by atoms with E-state index in [1.54, 1.807) is 0 Å². The summed E-state index contributed by atoms with van der Waals surface area (Å²) >= 11 is 1.02. The molecule has 1 fully saturated rings. The molecule has 2 heterocycles. The summed E-state index contributed by atoms with van der Waals surface area (Å²) in [5.74, 6) is -1.02. The van der Waals surface area contributed by atoms with Crippen molar-refractivity contribution in [3.05, 3.63) is 76.3 Å². The number of hydrogen-bond acceptors (Lipinski definition) is 5. The monoisotopic (exact) mass is 542 g/mol. The largest absolute Gasteiger partial charge is 0.416 e. The average molecular weight is 543 g/mol. The van der Waals surface area contributed by atoms with Crippen molar-refractivity contribution in [2.75, 3.05) is 11.9 Å². The van der Waals surface area contributed by atoms with Gasteiger partial charge in [0.2, 0.25) is 5.91 Å². The van der Waals surface area contributed by atoms with E-state index < -0.39 is 41.3 Å². The third kappa shape index (κ3) is 6.40. The van der Waals surface area contributed by atoms with Crippen LogP contribution in [-0.2, 0) is 23.7 Å². The maximum Gasteiger partial charge on any atom is 0.416 e. The molecular formula is C24H20F6N4O2S. The molecule has 0 radical (unpaired) electrons. The quantitative estimate of drug-likeness (QED) is 0.384. The Balaban J connectivity index is 1.39. The normalized spacial score (nSPS) is 16.1.